The van der Waals surface area contributed by atoms with E-state index >= 15 is 0 Å². The second kappa shape index (κ2) is 8.61. The first-order valence-electron chi connectivity index (χ1n) is 8.95. The number of esters is 1. The number of carbonyl (C=O) groups is 1. The van der Waals surface area contributed by atoms with Crippen LogP contribution in [0.15, 0.2) is 42.5 Å². The maximum Gasteiger partial charge on any atom is 0.460 e. The molecule has 2 rings (SSSR count). The number of rotatable bonds is 8. The number of halogens is 15. The molecule has 0 atom stereocenters. The van der Waals surface area contributed by atoms with Gasteiger partial charge in [0, 0.05) is 0 Å². The van der Waals surface area contributed by atoms with Gasteiger partial charge in [-0.3, -0.25) is 0 Å². The van der Waals surface area contributed by atoms with Gasteiger partial charge >= 0.3 is 47.7 Å². The molecule has 0 fully saturated rings. The molecular weight excluding hydrogens is 545 g/mol. The van der Waals surface area contributed by atoms with Crippen molar-refractivity contribution in [1.29, 1.82) is 0 Å². The smallest absolute Gasteiger partial charge is 0.456 e. The lowest BCUT2D eigenvalue weighted by Crippen LogP contribution is -2.73. The van der Waals surface area contributed by atoms with Crippen LogP contribution in [0.2, 0.25) is 0 Å². The lowest BCUT2D eigenvalue weighted by Gasteiger charge is -2.40. The van der Waals surface area contributed by atoms with Crippen molar-refractivity contribution in [1.82, 2.24) is 0 Å². The van der Waals surface area contributed by atoms with Crippen molar-refractivity contribution in [2.24, 2.45) is 0 Å². The van der Waals surface area contributed by atoms with Crippen LogP contribution < -0.4 is 0 Å². The number of carbonyl (C=O) groups excluding carboxylic acids is 1. The Bertz CT molecular complexity index is 1120. The molecule has 0 aliphatic heterocycles. The van der Waals surface area contributed by atoms with E-state index in [1.165, 1.54) is 18.2 Å². The van der Waals surface area contributed by atoms with Gasteiger partial charge in [-0.1, -0.05) is 36.4 Å². The largest absolute Gasteiger partial charge is 0.460 e. The Kier molecular flexibility index (Phi) is 7.02. The monoisotopic (exact) mass is 554 g/mol. The van der Waals surface area contributed by atoms with Crippen LogP contribution in [0.4, 0.5) is 65.9 Å². The third kappa shape index (κ3) is 4.19. The third-order valence-electron chi connectivity index (χ3n) is 4.77. The van der Waals surface area contributed by atoms with Crippen LogP contribution in [0.25, 0.3) is 10.8 Å². The second-order valence-electron chi connectivity index (χ2n) is 7.20. The highest BCUT2D eigenvalue weighted by Crippen LogP contribution is 2.62. The quantitative estimate of drug-likeness (QED) is 0.254. The van der Waals surface area contributed by atoms with Gasteiger partial charge in [-0.2, -0.15) is 65.9 Å². The predicted molar refractivity (Wildman–Crippen MR) is 89.5 cm³/mol. The molecular formula is C19H9F15O2. The molecule has 0 saturated carbocycles. The SMILES string of the molecule is O=C(OCc1ccc2ccccc2c1)C(F)(F)C(F)(F)C(F)(F)C(F)(F)C(F)(F)C(F)(F)C(F)(F)F. The number of ether oxygens (including phenoxy) is 1. The summed E-state index contributed by atoms with van der Waals surface area (Å²) in [6, 6.07) is 9.50. The Labute approximate surface area is 189 Å². The van der Waals surface area contributed by atoms with Gasteiger partial charge in [-0.25, -0.2) is 4.79 Å². The first-order valence-corrected chi connectivity index (χ1v) is 8.95. The number of hydrogen-bond acceptors (Lipinski definition) is 2. The Morgan fingerprint density at radius 3 is 1.53 bits per heavy atom. The summed E-state index contributed by atoms with van der Waals surface area (Å²) in [4.78, 5) is 11.4. The van der Waals surface area contributed by atoms with Crippen molar-refractivity contribution in [3.8, 4) is 0 Å². The van der Waals surface area contributed by atoms with Crippen molar-refractivity contribution in [3.05, 3.63) is 48.0 Å². The lowest BCUT2D eigenvalue weighted by molar-refractivity contribution is -0.450. The number of hydrogen-bond donors (Lipinski definition) is 0. The Morgan fingerprint density at radius 2 is 1.03 bits per heavy atom. The zero-order valence-electron chi connectivity index (χ0n) is 16.7. The zero-order valence-corrected chi connectivity index (χ0v) is 16.7. The molecule has 0 aliphatic rings. The van der Waals surface area contributed by atoms with Gasteiger partial charge in [0.25, 0.3) is 0 Å². The number of alkyl halides is 15. The fraction of sp³-hybridized carbons (Fsp3) is 0.421. The van der Waals surface area contributed by atoms with Gasteiger partial charge in [-0.15, -0.1) is 0 Å². The molecule has 17 heteroatoms. The van der Waals surface area contributed by atoms with Crippen molar-refractivity contribution in [2.45, 2.75) is 48.3 Å². The second-order valence-corrected chi connectivity index (χ2v) is 7.20. The van der Waals surface area contributed by atoms with Gasteiger partial charge in [-0.05, 0) is 22.4 Å². The van der Waals surface area contributed by atoms with E-state index in [4.69, 9.17) is 0 Å². The Morgan fingerprint density at radius 1 is 0.583 bits per heavy atom. The first kappa shape index (κ1) is 29.4. The molecule has 0 aliphatic carbocycles. The molecule has 36 heavy (non-hydrogen) atoms. The molecule has 0 saturated heterocycles. The van der Waals surface area contributed by atoms with E-state index in [9.17, 15) is 70.7 Å². The van der Waals surface area contributed by atoms with Crippen LogP contribution in [-0.4, -0.2) is 47.7 Å². The Balaban J connectivity index is 2.37. The predicted octanol–water partition coefficient (Wildman–Crippen LogP) is 7.26. The van der Waals surface area contributed by atoms with Gasteiger partial charge in [0.1, 0.15) is 6.61 Å². The van der Waals surface area contributed by atoms with Gasteiger partial charge < -0.3 is 4.74 Å². The van der Waals surface area contributed by atoms with Gasteiger partial charge in [0.2, 0.25) is 0 Å². The summed E-state index contributed by atoms with van der Waals surface area (Å²) < 4.78 is 201. The minimum Gasteiger partial charge on any atom is -0.456 e. The average molecular weight is 554 g/mol. The maximum absolute atomic E-state index is 13.8. The summed E-state index contributed by atoms with van der Waals surface area (Å²) in [5.41, 5.74) is -0.241. The van der Waals surface area contributed by atoms with Crippen molar-refractivity contribution in [2.75, 3.05) is 0 Å². The molecule has 0 aromatic heterocycles. The maximum atomic E-state index is 13.8. The highest BCUT2D eigenvalue weighted by molar-refractivity contribution is 5.83. The molecule has 0 N–H and O–H groups in total. The molecule has 2 aromatic carbocycles. The van der Waals surface area contributed by atoms with E-state index in [2.05, 4.69) is 4.74 Å². The topological polar surface area (TPSA) is 26.3 Å². The van der Waals surface area contributed by atoms with Crippen molar-refractivity contribution >= 4 is 16.7 Å². The third-order valence-corrected chi connectivity index (χ3v) is 4.77. The van der Waals surface area contributed by atoms with Gasteiger partial charge in [0.05, 0.1) is 0 Å². The summed E-state index contributed by atoms with van der Waals surface area (Å²) in [5, 5.41) is 0.894. The molecule has 0 spiro atoms. The summed E-state index contributed by atoms with van der Waals surface area (Å²) in [7, 11) is 0. The van der Waals surface area contributed by atoms with E-state index in [0.29, 0.717) is 10.8 Å². The summed E-state index contributed by atoms with van der Waals surface area (Å²) in [6.45, 7) is -1.38. The average Bonchev–Trinajstić information content (AvgIpc) is 2.75. The highest BCUT2D eigenvalue weighted by atomic mass is 19.4. The number of benzene rings is 2. The van der Waals surface area contributed by atoms with Crippen LogP contribution >= 0.6 is 0 Å². The summed E-state index contributed by atoms with van der Waals surface area (Å²) in [5.74, 6) is -52.0. The van der Waals surface area contributed by atoms with E-state index in [0.717, 1.165) is 12.1 Å². The normalized spacial score (nSPS) is 14.8. The molecule has 0 heterocycles. The van der Waals surface area contributed by atoms with Crippen LogP contribution in [0.1, 0.15) is 5.56 Å². The van der Waals surface area contributed by atoms with Gasteiger partial charge in [0.15, 0.2) is 0 Å². The molecule has 2 nitrogen and oxygen atoms in total. The first-order chi connectivity index (χ1) is 16.0. The van der Waals surface area contributed by atoms with E-state index in [1.807, 2.05) is 0 Å². The summed E-state index contributed by atoms with van der Waals surface area (Å²) >= 11 is 0. The van der Waals surface area contributed by atoms with E-state index in [-0.39, 0.29) is 5.56 Å². The van der Waals surface area contributed by atoms with Crippen LogP contribution in [-0.2, 0) is 16.1 Å². The van der Waals surface area contributed by atoms with Crippen molar-refractivity contribution in [3.63, 3.8) is 0 Å². The van der Waals surface area contributed by atoms with E-state index in [1.54, 1.807) is 12.1 Å². The molecule has 2 aromatic rings. The Hall–Kier alpha value is -2.88. The van der Waals surface area contributed by atoms with Crippen LogP contribution in [0, 0.1) is 0 Å². The lowest BCUT2D eigenvalue weighted by atomic mass is 9.91. The zero-order chi connectivity index (χ0) is 28.2. The summed E-state index contributed by atoms with van der Waals surface area (Å²) in [6.07, 6.45) is -7.70. The fourth-order valence-corrected chi connectivity index (χ4v) is 2.66. The molecule has 0 amide bonds. The molecule has 0 unspecified atom stereocenters. The van der Waals surface area contributed by atoms with E-state index < -0.39 is 54.3 Å². The molecule has 202 valence electrons. The van der Waals surface area contributed by atoms with Crippen LogP contribution in [0.3, 0.4) is 0 Å². The minimum absolute atomic E-state index is 0.241. The highest BCUT2D eigenvalue weighted by Gasteiger charge is 2.94. The fourth-order valence-electron chi connectivity index (χ4n) is 2.66. The number of fused-ring (bicyclic) bond motifs is 1. The molecule has 0 radical (unpaired) electrons. The van der Waals surface area contributed by atoms with Crippen molar-refractivity contribution < 1.29 is 75.4 Å². The minimum atomic E-state index is -8.47. The van der Waals surface area contributed by atoms with Crippen LogP contribution in [0.5, 0.6) is 0 Å². The standard InChI is InChI=1S/C19H9F15O2/c20-13(21,12(35)36-8-9-5-6-10-3-1-2-4-11(10)7-9)14(22,23)15(24,25)16(26,27)17(28,29)18(30,31)19(32,33)34/h1-7H,8H2. The molecule has 0 bridgehead atoms.